The van der Waals surface area contributed by atoms with Crippen molar-refractivity contribution in [3.8, 4) is 0 Å². The molecule has 0 aliphatic heterocycles. The van der Waals surface area contributed by atoms with E-state index in [1.807, 2.05) is 72.8 Å². The highest BCUT2D eigenvalue weighted by Crippen LogP contribution is 2.21. The SMILES string of the molecule is C(=Cc1oncc1N=Cc1ccccc1)c1ccccc1. The largest absolute Gasteiger partial charge is 0.355 e. The van der Waals surface area contributed by atoms with Crippen molar-refractivity contribution in [3.63, 3.8) is 0 Å². The highest BCUT2D eigenvalue weighted by atomic mass is 16.5. The second-order valence-corrected chi connectivity index (χ2v) is 4.49. The molecule has 0 spiro atoms. The Balaban J connectivity index is 1.78. The van der Waals surface area contributed by atoms with Crippen LogP contribution in [0.1, 0.15) is 16.9 Å². The number of aromatic nitrogens is 1. The summed E-state index contributed by atoms with van der Waals surface area (Å²) in [7, 11) is 0. The molecule has 3 heteroatoms. The molecule has 0 atom stereocenters. The molecule has 1 heterocycles. The first-order valence-corrected chi connectivity index (χ1v) is 6.69. The van der Waals surface area contributed by atoms with Crippen molar-refractivity contribution >= 4 is 24.1 Å². The van der Waals surface area contributed by atoms with Crippen LogP contribution in [0.25, 0.3) is 12.2 Å². The molecule has 3 nitrogen and oxygen atoms in total. The third-order valence-electron chi connectivity index (χ3n) is 2.96. The molecule has 21 heavy (non-hydrogen) atoms. The van der Waals surface area contributed by atoms with Crippen LogP contribution in [0.5, 0.6) is 0 Å². The molecule has 0 N–H and O–H groups in total. The van der Waals surface area contributed by atoms with Gasteiger partial charge in [0.05, 0.1) is 6.20 Å². The molecule has 0 unspecified atom stereocenters. The van der Waals surface area contributed by atoms with Crippen LogP contribution in [0.3, 0.4) is 0 Å². The summed E-state index contributed by atoms with van der Waals surface area (Å²) in [5, 5.41) is 3.81. The lowest BCUT2D eigenvalue weighted by atomic mass is 10.2. The van der Waals surface area contributed by atoms with Crippen LogP contribution < -0.4 is 0 Å². The van der Waals surface area contributed by atoms with Gasteiger partial charge < -0.3 is 4.52 Å². The number of benzene rings is 2. The van der Waals surface area contributed by atoms with Gasteiger partial charge in [0.1, 0.15) is 5.69 Å². The van der Waals surface area contributed by atoms with Crippen LogP contribution in [0, 0.1) is 0 Å². The van der Waals surface area contributed by atoms with E-state index in [9.17, 15) is 0 Å². The van der Waals surface area contributed by atoms with Crippen molar-refractivity contribution in [2.24, 2.45) is 4.99 Å². The van der Waals surface area contributed by atoms with E-state index in [4.69, 9.17) is 4.52 Å². The van der Waals surface area contributed by atoms with E-state index in [1.165, 1.54) is 0 Å². The molecule has 0 radical (unpaired) electrons. The van der Waals surface area contributed by atoms with Crippen LogP contribution in [0.4, 0.5) is 5.69 Å². The summed E-state index contributed by atoms with van der Waals surface area (Å²) in [5.74, 6) is 0.644. The van der Waals surface area contributed by atoms with Gasteiger partial charge in [0.2, 0.25) is 0 Å². The van der Waals surface area contributed by atoms with Gasteiger partial charge in [0, 0.05) is 6.21 Å². The van der Waals surface area contributed by atoms with Crippen LogP contribution in [-0.4, -0.2) is 11.4 Å². The van der Waals surface area contributed by atoms with E-state index in [0.717, 1.165) is 11.1 Å². The highest BCUT2D eigenvalue weighted by molar-refractivity contribution is 5.83. The molecule has 0 bridgehead atoms. The minimum absolute atomic E-state index is 0.644. The van der Waals surface area contributed by atoms with Gasteiger partial charge in [0.25, 0.3) is 0 Å². The van der Waals surface area contributed by atoms with Crippen molar-refractivity contribution in [3.05, 3.63) is 83.7 Å². The van der Waals surface area contributed by atoms with Crippen LogP contribution in [0.2, 0.25) is 0 Å². The first-order valence-electron chi connectivity index (χ1n) is 6.69. The predicted molar refractivity (Wildman–Crippen MR) is 85.6 cm³/mol. The zero-order valence-electron chi connectivity index (χ0n) is 11.4. The van der Waals surface area contributed by atoms with E-state index in [-0.39, 0.29) is 0 Å². The van der Waals surface area contributed by atoms with Gasteiger partial charge >= 0.3 is 0 Å². The zero-order valence-corrected chi connectivity index (χ0v) is 11.4. The Hall–Kier alpha value is -2.94. The minimum Gasteiger partial charge on any atom is -0.355 e. The summed E-state index contributed by atoms with van der Waals surface area (Å²) in [6, 6.07) is 20.0. The summed E-state index contributed by atoms with van der Waals surface area (Å²) in [5.41, 5.74) is 2.86. The van der Waals surface area contributed by atoms with Crippen LogP contribution in [-0.2, 0) is 0 Å². The maximum absolute atomic E-state index is 5.22. The van der Waals surface area contributed by atoms with Crippen molar-refractivity contribution in [2.45, 2.75) is 0 Å². The Labute approximate surface area is 123 Å². The molecule has 0 saturated carbocycles. The summed E-state index contributed by atoms with van der Waals surface area (Å²) < 4.78 is 5.22. The average molecular weight is 274 g/mol. The molecular formula is C18H14N2O. The lowest BCUT2D eigenvalue weighted by Crippen LogP contribution is -1.77. The first-order chi connectivity index (χ1) is 10.4. The average Bonchev–Trinajstić information content (AvgIpc) is 3.00. The van der Waals surface area contributed by atoms with Gasteiger partial charge in [-0.15, -0.1) is 0 Å². The van der Waals surface area contributed by atoms with Gasteiger partial charge in [-0.1, -0.05) is 71.9 Å². The fourth-order valence-corrected chi connectivity index (χ4v) is 1.88. The number of rotatable bonds is 4. The Morgan fingerprint density at radius 2 is 1.48 bits per heavy atom. The Kier molecular flexibility index (Phi) is 4.03. The second-order valence-electron chi connectivity index (χ2n) is 4.49. The van der Waals surface area contributed by atoms with Crippen molar-refractivity contribution < 1.29 is 4.52 Å². The van der Waals surface area contributed by atoms with E-state index in [1.54, 1.807) is 12.4 Å². The van der Waals surface area contributed by atoms with Gasteiger partial charge in [-0.25, -0.2) is 0 Å². The summed E-state index contributed by atoms with van der Waals surface area (Å²) in [6.07, 6.45) is 7.26. The van der Waals surface area contributed by atoms with E-state index in [0.29, 0.717) is 11.4 Å². The molecule has 3 rings (SSSR count). The predicted octanol–water partition coefficient (Wildman–Crippen LogP) is 4.60. The van der Waals surface area contributed by atoms with Crippen LogP contribution >= 0.6 is 0 Å². The van der Waals surface area contributed by atoms with Crippen molar-refractivity contribution in [1.82, 2.24) is 5.16 Å². The third-order valence-corrected chi connectivity index (χ3v) is 2.96. The Morgan fingerprint density at radius 1 is 0.810 bits per heavy atom. The number of hydrogen-bond donors (Lipinski definition) is 0. The molecule has 0 saturated heterocycles. The number of hydrogen-bond acceptors (Lipinski definition) is 3. The van der Waals surface area contributed by atoms with Gasteiger partial charge in [-0.3, -0.25) is 4.99 Å². The van der Waals surface area contributed by atoms with Crippen molar-refractivity contribution in [1.29, 1.82) is 0 Å². The summed E-state index contributed by atoms with van der Waals surface area (Å²) >= 11 is 0. The lowest BCUT2D eigenvalue weighted by Gasteiger charge is -1.92. The Bertz CT molecular complexity index is 679. The van der Waals surface area contributed by atoms with Crippen LogP contribution in [0.15, 0.2) is 76.4 Å². The number of aliphatic imine (C=N–C) groups is 1. The first kappa shape index (κ1) is 13.1. The highest BCUT2D eigenvalue weighted by Gasteiger charge is 2.02. The third kappa shape index (κ3) is 3.54. The maximum atomic E-state index is 5.22. The van der Waals surface area contributed by atoms with Crippen molar-refractivity contribution in [2.75, 3.05) is 0 Å². The lowest BCUT2D eigenvalue weighted by molar-refractivity contribution is 0.413. The monoisotopic (exact) mass is 274 g/mol. The smallest absolute Gasteiger partial charge is 0.185 e. The molecule has 0 aliphatic rings. The topological polar surface area (TPSA) is 38.4 Å². The quantitative estimate of drug-likeness (QED) is 0.652. The summed E-state index contributed by atoms with van der Waals surface area (Å²) in [4.78, 5) is 4.42. The fourth-order valence-electron chi connectivity index (χ4n) is 1.88. The van der Waals surface area contributed by atoms with Gasteiger partial charge in [0.15, 0.2) is 5.76 Å². The molecule has 102 valence electrons. The molecule has 2 aromatic carbocycles. The molecule has 3 aromatic rings. The van der Waals surface area contributed by atoms with Gasteiger partial charge in [-0.2, -0.15) is 0 Å². The second kappa shape index (κ2) is 6.48. The normalized spacial score (nSPS) is 11.4. The van der Waals surface area contributed by atoms with Gasteiger partial charge in [-0.05, 0) is 17.2 Å². The minimum atomic E-state index is 0.644. The molecule has 1 aromatic heterocycles. The Morgan fingerprint density at radius 3 is 2.19 bits per heavy atom. The molecule has 0 fully saturated rings. The fraction of sp³-hybridized carbons (Fsp3) is 0. The molecule has 0 aliphatic carbocycles. The molecular weight excluding hydrogens is 260 g/mol. The summed E-state index contributed by atoms with van der Waals surface area (Å²) in [6.45, 7) is 0. The van der Waals surface area contributed by atoms with E-state index >= 15 is 0 Å². The zero-order chi connectivity index (χ0) is 14.3. The number of nitrogens with zero attached hydrogens (tertiary/aromatic N) is 2. The maximum Gasteiger partial charge on any atom is 0.185 e. The molecule has 0 amide bonds. The standard InChI is InChI=1S/C18H14N2O/c1-3-7-15(8-4-1)11-12-18-17(14-20-21-18)19-13-16-9-5-2-6-10-16/h1-14H. The van der Waals surface area contributed by atoms with E-state index < -0.39 is 0 Å². The van der Waals surface area contributed by atoms with E-state index in [2.05, 4.69) is 10.1 Å².